The van der Waals surface area contributed by atoms with Crippen LogP contribution >= 0.6 is 23.5 Å². The number of nitrogens with zero attached hydrogens (tertiary/aromatic N) is 2. The predicted octanol–water partition coefficient (Wildman–Crippen LogP) is 5.98. The molecule has 1 unspecified atom stereocenters. The van der Waals surface area contributed by atoms with Crippen LogP contribution in [0, 0.1) is 28.6 Å². The average Bonchev–Trinajstić information content (AvgIpc) is 2.58. The zero-order chi connectivity index (χ0) is 19.0. The molecule has 0 radical (unpaired) electrons. The lowest BCUT2D eigenvalue weighted by Crippen LogP contribution is -2.20. The molecule has 0 saturated heterocycles. The Labute approximate surface area is 158 Å². The second-order valence-electron chi connectivity index (χ2n) is 5.92. The Kier molecular flexibility index (Phi) is 8.83. The third-order valence-electron chi connectivity index (χ3n) is 3.93. The van der Waals surface area contributed by atoms with E-state index in [9.17, 15) is 15.1 Å². The molecular formula is C18H24BrN2O3P. The zero-order valence-electron chi connectivity index (χ0n) is 15.0. The number of nitriles is 2. The molecule has 5 nitrogen and oxygen atoms in total. The van der Waals surface area contributed by atoms with E-state index in [1.54, 1.807) is 32.0 Å². The summed E-state index contributed by atoms with van der Waals surface area (Å²) in [5.41, 5.74) is -0.389. The van der Waals surface area contributed by atoms with Crippen LogP contribution in [0.25, 0.3) is 0 Å². The van der Waals surface area contributed by atoms with Crippen LogP contribution in [0.15, 0.2) is 28.7 Å². The molecule has 1 aromatic carbocycles. The normalized spacial score (nSPS) is 17.1. The van der Waals surface area contributed by atoms with E-state index in [4.69, 9.17) is 9.05 Å². The summed E-state index contributed by atoms with van der Waals surface area (Å²) in [4.78, 5) is 0. The first-order chi connectivity index (χ1) is 11.8. The highest BCUT2D eigenvalue weighted by atomic mass is 79.9. The van der Waals surface area contributed by atoms with E-state index in [2.05, 4.69) is 15.9 Å². The molecule has 136 valence electrons. The summed E-state index contributed by atoms with van der Waals surface area (Å²) in [7, 11) is -3.77. The molecule has 0 aliphatic heterocycles. The van der Waals surface area contributed by atoms with Crippen LogP contribution in [0.5, 0.6) is 0 Å². The third-order valence-corrected chi connectivity index (χ3v) is 7.01. The van der Waals surface area contributed by atoms with Crippen LogP contribution in [-0.2, 0) is 13.6 Å². The van der Waals surface area contributed by atoms with Crippen LogP contribution in [0.3, 0.4) is 0 Å². The number of hydrogen-bond acceptors (Lipinski definition) is 5. The van der Waals surface area contributed by atoms with Gasteiger partial charge < -0.3 is 9.05 Å². The summed E-state index contributed by atoms with van der Waals surface area (Å²) in [5.74, 6) is -1.15. The SMILES string of the molecule is CC[C@@H](C)OP(=O)(O[C@@H](C)CC)[C@H](c1cccc(Br)c1)C(C#N)C#N. The van der Waals surface area contributed by atoms with E-state index in [1.807, 2.05) is 32.1 Å². The number of rotatable bonds is 9. The molecule has 0 bridgehead atoms. The van der Waals surface area contributed by atoms with E-state index in [1.165, 1.54) is 0 Å². The summed E-state index contributed by atoms with van der Waals surface area (Å²) in [6, 6.07) is 11.0. The second kappa shape index (κ2) is 10.1. The molecule has 25 heavy (non-hydrogen) atoms. The van der Waals surface area contributed by atoms with Gasteiger partial charge in [-0.15, -0.1) is 0 Å². The van der Waals surface area contributed by atoms with Crippen molar-refractivity contribution in [2.75, 3.05) is 0 Å². The molecule has 7 heteroatoms. The molecule has 1 aromatic rings. The molecule has 0 heterocycles. The monoisotopic (exact) mass is 426 g/mol. The fourth-order valence-electron chi connectivity index (χ4n) is 2.22. The van der Waals surface area contributed by atoms with Crippen molar-refractivity contribution in [1.82, 2.24) is 0 Å². The fourth-order valence-corrected chi connectivity index (χ4v) is 5.28. The number of halogens is 1. The van der Waals surface area contributed by atoms with Crippen molar-refractivity contribution in [2.45, 2.75) is 58.4 Å². The predicted molar refractivity (Wildman–Crippen MR) is 101 cm³/mol. The van der Waals surface area contributed by atoms with Crippen molar-refractivity contribution in [1.29, 1.82) is 10.5 Å². The van der Waals surface area contributed by atoms with Gasteiger partial charge in [0, 0.05) is 4.47 Å². The molecule has 1 rings (SSSR count). The van der Waals surface area contributed by atoms with Gasteiger partial charge in [0.1, 0.15) is 5.66 Å². The van der Waals surface area contributed by atoms with E-state index in [0.717, 1.165) is 4.47 Å². The molecular weight excluding hydrogens is 403 g/mol. The van der Waals surface area contributed by atoms with E-state index >= 15 is 0 Å². The standard InChI is InChI=1S/C18H24BrN2O3P/c1-5-13(3)23-25(22,24-14(4)6-2)18(16(11-20)12-21)15-8-7-9-17(19)10-15/h7-10,13-14,16,18H,5-6H2,1-4H3/t13-,14+,18-,25?/m1/s1. The summed E-state index contributed by atoms with van der Waals surface area (Å²) in [5, 5.41) is 18.9. The van der Waals surface area contributed by atoms with Crippen molar-refractivity contribution in [3.8, 4) is 12.1 Å². The average molecular weight is 427 g/mol. The van der Waals surface area contributed by atoms with Gasteiger partial charge in [0.15, 0.2) is 5.92 Å². The fraction of sp³-hybridized carbons (Fsp3) is 0.556. The minimum Gasteiger partial charge on any atom is -0.305 e. The second-order valence-corrected chi connectivity index (χ2v) is 8.90. The van der Waals surface area contributed by atoms with E-state index < -0.39 is 19.2 Å². The van der Waals surface area contributed by atoms with Crippen molar-refractivity contribution >= 4 is 23.5 Å². The lowest BCUT2D eigenvalue weighted by molar-refractivity contribution is 0.117. The molecule has 0 saturated carbocycles. The highest BCUT2D eigenvalue weighted by Gasteiger charge is 2.45. The Morgan fingerprint density at radius 2 is 1.64 bits per heavy atom. The first kappa shape index (κ1) is 21.9. The topological polar surface area (TPSA) is 83.1 Å². The largest absolute Gasteiger partial charge is 0.341 e. The van der Waals surface area contributed by atoms with Gasteiger partial charge in [-0.05, 0) is 44.4 Å². The van der Waals surface area contributed by atoms with Crippen LogP contribution in [0.2, 0.25) is 0 Å². The molecule has 0 spiro atoms. The molecule has 0 aliphatic rings. The maximum Gasteiger partial charge on any atom is 0.341 e. The van der Waals surface area contributed by atoms with Crippen molar-refractivity contribution in [3.63, 3.8) is 0 Å². The molecule has 0 aliphatic carbocycles. The summed E-state index contributed by atoms with van der Waals surface area (Å²) in [6.07, 6.45) is 0.649. The molecule has 0 N–H and O–H groups in total. The van der Waals surface area contributed by atoms with Crippen molar-refractivity contribution in [2.24, 2.45) is 5.92 Å². The smallest absolute Gasteiger partial charge is 0.305 e. The number of hydrogen-bond donors (Lipinski definition) is 0. The Morgan fingerprint density at radius 3 is 2.04 bits per heavy atom. The maximum absolute atomic E-state index is 13.8. The van der Waals surface area contributed by atoms with Gasteiger partial charge >= 0.3 is 7.60 Å². The first-order valence-electron chi connectivity index (χ1n) is 8.32. The third kappa shape index (κ3) is 5.94. The van der Waals surface area contributed by atoms with Gasteiger partial charge in [-0.1, -0.05) is 41.9 Å². The summed E-state index contributed by atoms with van der Waals surface area (Å²) >= 11 is 3.38. The van der Waals surface area contributed by atoms with Crippen LogP contribution < -0.4 is 0 Å². The molecule has 4 atom stereocenters. The minimum atomic E-state index is -3.77. The maximum atomic E-state index is 13.8. The van der Waals surface area contributed by atoms with Gasteiger partial charge in [0.2, 0.25) is 0 Å². The van der Waals surface area contributed by atoms with Gasteiger partial charge in [-0.2, -0.15) is 10.5 Å². The van der Waals surface area contributed by atoms with Crippen molar-refractivity contribution < 1.29 is 13.6 Å². The zero-order valence-corrected chi connectivity index (χ0v) is 17.5. The van der Waals surface area contributed by atoms with Gasteiger partial charge in [0.05, 0.1) is 24.3 Å². The van der Waals surface area contributed by atoms with Gasteiger partial charge in [-0.3, -0.25) is 4.57 Å². The van der Waals surface area contributed by atoms with Crippen LogP contribution in [-0.4, -0.2) is 12.2 Å². The summed E-state index contributed by atoms with van der Waals surface area (Å²) in [6.45, 7) is 7.44. The first-order valence-corrected chi connectivity index (χ1v) is 10.7. The highest BCUT2D eigenvalue weighted by Crippen LogP contribution is 2.65. The molecule has 0 fully saturated rings. The lowest BCUT2D eigenvalue weighted by Gasteiger charge is -2.31. The highest BCUT2D eigenvalue weighted by molar-refractivity contribution is 9.10. The van der Waals surface area contributed by atoms with E-state index in [0.29, 0.717) is 18.4 Å². The van der Waals surface area contributed by atoms with E-state index in [-0.39, 0.29) is 12.2 Å². The minimum absolute atomic E-state index is 0.317. The quantitative estimate of drug-likeness (QED) is 0.453. The molecule has 0 aromatic heterocycles. The van der Waals surface area contributed by atoms with Crippen LogP contribution in [0.4, 0.5) is 0 Å². The molecule has 0 amide bonds. The number of benzene rings is 1. The van der Waals surface area contributed by atoms with Crippen LogP contribution in [0.1, 0.15) is 51.8 Å². The Morgan fingerprint density at radius 1 is 1.12 bits per heavy atom. The Bertz CT molecular complexity index is 668. The summed E-state index contributed by atoms with van der Waals surface area (Å²) < 4.78 is 26.2. The Hall–Kier alpha value is -1.17. The lowest BCUT2D eigenvalue weighted by atomic mass is 10.0. The van der Waals surface area contributed by atoms with Gasteiger partial charge in [0.25, 0.3) is 0 Å². The Balaban J connectivity index is 3.49. The van der Waals surface area contributed by atoms with Crippen molar-refractivity contribution in [3.05, 3.63) is 34.3 Å². The van der Waals surface area contributed by atoms with Gasteiger partial charge in [-0.25, -0.2) is 0 Å².